The maximum atomic E-state index is 12.4. The normalized spacial score (nSPS) is 22.5. The average Bonchev–Trinajstić information content (AvgIpc) is 3.01. The van der Waals surface area contributed by atoms with Gasteiger partial charge in [0.05, 0.1) is 5.92 Å². The van der Waals surface area contributed by atoms with Gasteiger partial charge in [0.15, 0.2) is 0 Å². The van der Waals surface area contributed by atoms with E-state index < -0.39 is 0 Å². The molecule has 1 unspecified atom stereocenters. The lowest BCUT2D eigenvalue weighted by molar-refractivity contribution is -0.137. The first-order chi connectivity index (χ1) is 9.83. The van der Waals surface area contributed by atoms with E-state index in [4.69, 9.17) is 0 Å². The summed E-state index contributed by atoms with van der Waals surface area (Å²) < 4.78 is 2.01. The van der Waals surface area contributed by atoms with Gasteiger partial charge in [-0.2, -0.15) is 5.10 Å². The van der Waals surface area contributed by atoms with E-state index in [-0.39, 0.29) is 30.7 Å². The van der Waals surface area contributed by atoms with Crippen LogP contribution in [0.4, 0.5) is 0 Å². The first kappa shape index (κ1) is 19.3. The van der Waals surface area contributed by atoms with Crippen molar-refractivity contribution in [3.8, 4) is 0 Å². The summed E-state index contributed by atoms with van der Waals surface area (Å²) in [4.78, 5) is 14.5. The summed E-state index contributed by atoms with van der Waals surface area (Å²) in [6, 6.07) is 1.97. The Balaban J connectivity index is 0.00000121. The van der Waals surface area contributed by atoms with Gasteiger partial charge in [-0.15, -0.1) is 24.8 Å². The van der Waals surface area contributed by atoms with Crippen LogP contribution in [0.1, 0.15) is 25.7 Å². The van der Waals surface area contributed by atoms with Crippen LogP contribution in [0, 0.1) is 11.8 Å². The van der Waals surface area contributed by atoms with Crippen LogP contribution in [0.3, 0.4) is 0 Å². The van der Waals surface area contributed by atoms with Crippen LogP contribution in [0.5, 0.6) is 0 Å². The molecule has 0 saturated carbocycles. The minimum Gasteiger partial charge on any atom is -0.342 e. The van der Waals surface area contributed by atoms with Crippen LogP contribution >= 0.6 is 24.8 Å². The number of piperidine rings is 2. The van der Waals surface area contributed by atoms with E-state index in [0.29, 0.717) is 11.8 Å². The Kier molecular flexibility index (Phi) is 8.21. The van der Waals surface area contributed by atoms with Gasteiger partial charge >= 0.3 is 0 Å². The molecule has 0 spiro atoms. The maximum Gasteiger partial charge on any atom is 0.226 e. The van der Waals surface area contributed by atoms with Gasteiger partial charge in [0, 0.05) is 38.6 Å². The molecule has 0 radical (unpaired) electrons. The van der Waals surface area contributed by atoms with Crippen molar-refractivity contribution in [3.05, 3.63) is 18.5 Å². The first-order valence-corrected chi connectivity index (χ1v) is 7.80. The van der Waals surface area contributed by atoms with Gasteiger partial charge in [-0.25, -0.2) is 0 Å². The smallest absolute Gasteiger partial charge is 0.226 e. The van der Waals surface area contributed by atoms with E-state index in [1.54, 1.807) is 0 Å². The Morgan fingerprint density at radius 2 is 2.00 bits per heavy atom. The zero-order valence-corrected chi connectivity index (χ0v) is 14.5. The number of amides is 1. The number of nitrogens with one attached hydrogen (secondary N) is 1. The molecule has 2 aliphatic heterocycles. The van der Waals surface area contributed by atoms with Crippen molar-refractivity contribution in [2.45, 2.75) is 32.2 Å². The van der Waals surface area contributed by atoms with Gasteiger partial charge in [0.25, 0.3) is 0 Å². The number of carbonyl (C=O) groups is 1. The molecule has 126 valence electrons. The molecule has 5 nitrogen and oxygen atoms in total. The fourth-order valence-corrected chi connectivity index (χ4v) is 3.33. The van der Waals surface area contributed by atoms with Gasteiger partial charge < -0.3 is 10.2 Å². The largest absolute Gasteiger partial charge is 0.342 e. The summed E-state index contributed by atoms with van der Waals surface area (Å²) in [5, 5.41) is 7.60. The Bertz CT molecular complexity index is 427. The fraction of sp³-hybridized carbons (Fsp3) is 0.733. The summed E-state index contributed by atoms with van der Waals surface area (Å²) in [5.41, 5.74) is 0. The molecular weight excluding hydrogens is 323 g/mol. The Hall–Kier alpha value is -0.780. The summed E-state index contributed by atoms with van der Waals surface area (Å²) in [6.07, 6.45) is 8.24. The summed E-state index contributed by atoms with van der Waals surface area (Å²) in [5.74, 6) is 1.24. The topological polar surface area (TPSA) is 50.2 Å². The number of hydrogen-bond acceptors (Lipinski definition) is 3. The molecule has 0 aromatic carbocycles. The molecule has 2 aliphatic rings. The molecule has 22 heavy (non-hydrogen) atoms. The summed E-state index contributed by atoms with van der Waals surface area (Å²) >= 11 is 0. The minimum atomic E-state index is 0. The van der Waals surface area contributed by atoms with Crippen molar-refractivity contribution >= 4 is 30.7 Å². The molecule has 7 heteroatoms. The Morgan fingerprint density at radius 3 is 2.59 bits per heavy atom. The predicted molar refractivity (Wildman–Crippen MR) is 91.6 cm³/mol. The molecular formula is C15H26Cl2N4O. The fourth-order valence-electron chi connectivity index (χ4n) is 3.33. The third kappa shape index (κ3) is 4.86. The molecule has 2 saturated heterocycles. The first-order valence-electron chi connectivity index (χ1n) is 7.80. The molecule has 3 heterocycles. The van der Waals surface area contributed by atoms with Gasteiger partial charge in [-0.3, -0.25) is 9.48 Å². The molecule has 0 bridgehead atoms. The number of carbonyl (C=O) groups excluding carboxylic acids is 1. The number of nitrogens with zero attached hydrogens (tertiary/aromatic N) is 3. The van der Waals surface area contributed by atoms with Gasteiger partial charge in [-0.05, 0) is 44.2 Å². The van der Waals surface area contributed by atoms with Gasteiger partial charge in [0.1, 0.15) is 0 Å². The molecule has 1 aromatic heterocycles. The van der Waals surface area contributed by atoms with E-state index in [0.717, 1.165) is 58.4 Å². The zero-order chi connectivity index (χ0) is 13.8. The highest BCUT2D eigenvalue weighted by Crippen LogP contribution is 2.22. The lowest BCUT2D eigenvalue weighted by Gasteiger charge is -2.35. The van der Waals surface area contributed by atoms with Crippen LogP contribution in [0.2, 0.25) is 0 Å². The monoisotopic (exact) mass is 348 g/mol. The SMILES string of the molecule is Cl.Cl.O=C(C1CCCNC1)N1CCC(Cn2cccn2)CC1. The average molecular weight is 349 g/mol. The van der Waals surface area contributed by atoms with Crippen LogP contribution in [-0.4, -0.2) is 46.8 Å². The summed E-state index contributed by atoms with van der Waals surface area (Å²) in [6.45, 7) is 4.75. The van der Waals surface area contributed by atoms with Crippen molar-refractivity contribution in [2.24, 2.45) is 11.8 Å². The number of rotatable bonds is 3. The number of likely N-dealkylation sites (tertiary alicyclic amines) is 1. The molecule has 1 amide bonds. The van der Waals surface area contributed by atoms with E-state index in [9.17, 15) is 4.79 Å². The standard InChI is InChI=1S/C15H24N4O.2ClH/c20-15(14-3-1-6-16-11-14)18-9-4-13(5-10-18)12-19-8-2-7-17-19;;/h2,7-8,13-14,16H,1,3-6,9-12H2;2*1H. The quantitative estimate of drug-likeness (QED) is 0.908. The van der Waals surface area contributed by atoms with Gasteiger partial charge in [-0.1, -0.05) is 0 Å². The van der Waals surface area contributed by atoms with Crippen LogP contribution in [0.15, 0.2) is 18.5 Å². The number of halogens is 2. The van der Waals surface area contributed by atoms with Crippen molar-refractivity contribution in [1.29, 1.82) is 0 Å². The van der Waals surface area contributed by atoms with Crippen molar-refractivity contribution in [2.75, 3.05) is 26.2 Å². The van der Waals surface area contributed by atoms with Gasteiger partial charge in [0.2, 0.25) is 5.91 Å². The zero-order valence-electron chi connectivity index (χ0n) is 12.8. The summed E-state index contributed by atoms with van der Waals surface area (Å²) in [7, 11) is 0. The lowest BCUT2D eigenvalue weighted by atomic mass is 9.93. The van der Waals surface area contributed by atoms with Crippen molar-refractivity contribution in [3.63, 3.8) is 0 Å². The highest BCUT2D eigenvalue weighted by molar-refractivity contribution is 5.85. The maximum absolute atomic E-state index is 12.4. The lowest BCUT2D eigenvalue weighted by Crippen LogP contribution is -2.46. The van der Waals surface area contributed by atoms with Crippen molar-refractivity contribution in [1.82, 2.24) is 20.0 Å². The van der Waals surface area contributed by atoms with Crippen LogP contribution in [-0.2, 0) is 11.3 Å². The van der Waals surface area contributed by atoms with E-state index in [1.165, 1.54) is 0 Å². The second-order valence-electron chi connectivity index (χ2n) is 6.04. The molecule has 2 fully saturated rings. The van der Waals surface area contributed by atoms with Crippen LogP contribution in [0.25, 0.3) is 0 Å². The molecule has 1 atom stereocenters. The van der Waals surface area contributed by atoms with Crippen LogP contribution < -0.4 is 5.32 Å². The third-order valence-corrected chi connectivity index (χ3v) is 4.58. The highest BCUT2D eigenvalue weighted by atomic mass is 35.5. The van der Waals surface area contributed by atoms with E-state index in [1.807, 2.05) is 23.1 Å². The van der Waals surface area contributed by atoms with E-state index >= 15 is 0 Å². The minimum absolute atomic E-state index is 0. The van der Waals surface area contributed by atoms with E-state index in [2.05, 4.69) is 15.3 Å². The number of aromatic nitrogens is 2. The molecule has 1 N–H and O–H groups in total. The molecule has 3 rings (SSSR count). The third-order valence-electron chi connectivity index (χ3n) is 4.58. The molecule has 1 aromatic rings. The molecule has 0 aliphatic carbocycles. The van der Waals surface area contributed by atoms with Crippen molar-refractivity contribution < 1.29 is 4.79 Å². The second-order valence-corrected chi connectivity index (χ2v) is 6.04. The second kappa shape index (κ2) is 9.38. The number of hydrogen-bond donors (Lipinski definition) is 1. The Labute approximate surface area is 144 Å². The predicted octanol–water partition coefficient (Wildman–Crippen LogP) is 1.96. The highest BCUT2D eigenvalue weighted by Gasteiger charge is 2.29. The Morgan fingerprint density at radius 1 is 1.23 bits per heavy atom.